The monoisotopic (exact) mass is 343 g/mol. The highest BCUT2D eigenvalue weighted by atomic mass is 16.4. The summed E-state index contributed by atoms with van der Waals surface area (Å²) in [5.41, 5.74) is 2.07. The van der Waals surface area contributed by atoms with Crippen molar-refractivity contribution in [3.63, 3.8) is 0 Å². The summed E-state index contributed by atoms with van der Waals surface area (Å²) in [7, 11) is 0. The number of aromatic nitrogens is 2. The SMILES string of the molecule is CC(C)N(C(=O)c1ccccc1-c1cnn([C@H](C)C(=O)O)c1)C(C)C. The van der Waals surface area contributed by atoms with Crippen molar-refractivity contribution in [1.29, 1.82) is 0 Å². The molecule has 134 valence electrons. The molecule has 1 amide bonds. The van der Waals surface area contributed by atoms with Crippen molar-refractivity contribution in [2.45, 2.75) is 52.7 Å². The smallest absolute Gasteiger partial charge is 0.328 e. The molecule has 0 radical (unpaired) electrons. The number of rotatable bonds is 6. The number of carboxylic acid groups (broad SMARTS) is 1. The maximum absolute atomic E-state index is 13.1. The molecule has 1 aromatic carbocycles. The van der Waals surface area contributed by atoms with Crippen LogP contribution in [0, 0.1) is 0 Å². The number of aliphatic carboxylic acids is 1. The minimum atomic E-state index is -0.954. The third kappa shape index (κ3) is 3.90. The van der Waals surface area contributed by atoms with Crippen molar-refractivity contribution in [2.24, 2.45) is 0 Å². The first kappa shape index (κ1) is 18.7. The average molecular weight is 343 g/mol. The Morgan fingerprint density at radius 3 is 2.24 bits per heavy atom. The molecule has 6 nitrogen and oxygen atoms in total. The molecule has 0 aliphatic heterocycles. The van der Waals surface area contributed by atoms with Gasteiger partial charge in [-0.05, 0) is 46.2 Å². The van der Waals surface area contributed by atoms with E-state index in [0.29, 0.717) is 5.56 Å². The van der Waals surface area contributed by atoms with E-state index in [4.69, 9.17) is 5.11 Å². The molecule has 2 rings (SSSR count). The molecule has 2 aromatic rings. The Labute approximate surface area is 148 Å². The van der Waals surface area contributed by atoms with E-state index in [1.807, 2.05) is 50.8 Å². The van der Waals surface area contributed by atoms with Gasteiger partial charge in [-0.25, -0.2) is 4.79 Å². The lowest BCUT2D eigenvalue weighted by Gasteiger charge is -2.31. The zero-order chi connectivity index (χ0) is 18.7. The van der Waals surface area contributed by atoms with Crippen molar-refractivity contribution in [1.82, 2.24) is 14.7 Å². The van der Waals surface area contributed by atoms with Crippen LogP contribution in [0.1, 0.15) is 51.0 Å². The van der Waals surface area contributed by atoms with Gasteiger partial charge >= 0.3 is 5.97 Å². The van der Waals surface area contributed by atoms with Crippen molar-refractivity contribution in [3.8, 4) is 11.1 Å². The Hall–Kier alpha value is -2.63. The maximum atomic E-state index is 13.1. The summed E-state index contributed by atoms with van der Waals surface area (Å²) in [6.07, 6.45) is 3.26. The van der Waals surface area contributed by atoms with Gasteiger partial charge in [-0.15, -0.1) is 0 Å². The number of amides is 1. The van der Waals surface area contributed by atoms with Gasteiger partial charge in [0.05, 0.1) is 6.20 Å². The molecule has 0 saturated carbocycles. The summed E-state index contributed by atoms with van der Waals surface area (Å²) in [6, 6.07) is 6.75. The van der Waals surface area contributed by atoms with Gasteiger partial charge in [0.25, 0.3) is 5.91 Å². The van der Waals surface area contributed by atoms with Crippen LogP contribution in [0.15, 0.2) is 36.7 Å². The molecule has 0 spiro atoms. The number of hydrogen-bond donors (Lipinski definition) is 1. The highest BCUT2D eigenvalue weighted by Gasteiger charge is 2.24. The van der Waals surface area contributed by atoms with Gasteiger partial charge in [0.2, 0.25) is 0 Å². The van der Waals surface area contributed by atoms with Gasteiger partial charge in [-0.3, -0.25) is 9.48 Å². The molecule has 0 saturated heterocycles. The fraction of sp³-hybridized carbons (Fsp3) is 0.421. The van der Waals surface area contributed by atoms with Crippen LogP contribution in [0.5, 0.6) is 0 Å². The molecule has 0 bridgehead atoms. The largest absolute Gasteiger partial charge is 0.480 e. The van der Waals surface area contributed by atoms with Gasteiger partial charge in [0, 0.05) is 29.4 Å². The van der Waals surface area contributed by atoms with E-state index in [2.05, 4.69) is 5.10 Å². The number of carbonyl (C=O) groups excluding carboxylic acids is 1. The highest BCUT2D eigenvalue weighted by molar-refractivity contribution is 6.01. The molecular weight excluding hydrogens is 318 g/mol. The van der Waals surface area contributed by atoms with Crippen molar-refractivity contribution >= 4 is 11.9 Å². The average Bonchev–Trinajstić information content (AvgIpc) is 3.03. The molecule has 1 N–H and O–H groups in total. The summed E-state index contributed by atoms with van der Waals surface area (Å²) in [5, 5.41) is 13.3. The lowest BCUT2D eigenvalue weighted by atomic mass is 10.0. The first-order valence-corrected chi connectivity index (χ1v) is 8.43. The van der Waals surface area contributed by atoms with Gasteiger partial charge < -0.3 is 10.0 Å². The van der Waals surface area contributed by atoms with Crippen molar-refractivity contribution in [2.75, 3.05) is 0 Å². The van der Waals surface area contributed by atoms with E-state index < -0.39 is 12.0 Å². The quantitative estimate of drug-likeness (QED) is 0.871. The van der Waals surface area contributed by atoms with E-state index in [1.54, 1.807) is 25.4 Å². The topological polar surface area (TPSA) is 75.4 Å². The molecule has 1 atom stereocenters. The first-order chi connectivity index (χ1) is 11.7. The molecule has 6 heteroatoms. The minimum Gasteiger partial charge on any atom is -0.480 e. The van der Waals surface area contributed by atoms with E-state index in [-0.39, 0.29) is 18.0 Å². The van der Waals surface area contributed by atoms with Crippen molar-refractivity contribution in [3.05, 3.63) is 42.2 Å². The van der Waals surface area contributed by atoms with Gasteiger partial charge in [-0.2, -0.15) is 5.10 Å². The van der Waals surface area contributed by atoms with Crippen LogP contribution in [0.3, 0.4) is 0 Å². The third-order valence-electron chi connectivity index (χ3n) is 4.17. The lowest BCUT2D eigenvalue weighted by Crippen LogP contribution is -2.42. The Balaban J connectivity index is 2.45. The standard InChI is InChI=1S/C19H25N3O3/c1-12(2)22(13(3)4)18(23)17-9-7-6-8-16(17)15-10-20-21(11-15)14(5)19(24)25/h6-14H,1-5H3,(H,24,25)/t14-/m1/s1. The Morgan fingerprint density at radius 2 is 1.68 bits per heavy atom. The van der Waals surface area contributed by atoms with Crippen LogP contribution in [0.25, 0.3) is 11.1 Å². The second kappa shape index (κ2) is 7.51. The van der Waals surface area contributed by atoms with E-state index in [0.717, 1.165) is 11.1 Å². The van der Waals surface area contributed by atoms with Gasteiger partial charge in [0.1, 0.15) is 6.04 Å². The number of benzene rings is 1. The number of nitrogens with zero attached hydrogens (tertiary/aromatic N) is 3. The zero-order valence-corrected chi connectivity index (χ0v) is 15.3. The van der Waals surface area contributed by atoms with Gasteiger partial charge in [0.15, 0.2) is 0 Å². The Kier molecular flexibility index (Phi) is 5.62. The molecular formula is C19H25N3O3. The van der Waals surface area contributed by atoms with Crippen LogP contribution in [0.4, 0.5) is 0 Å². The van der Waals surface area contributed by atoms with E-state index >= 15 is 0 Å². The lowest BCUT2D eigenvalue weighted by molar-refractivity contribution is -0.140. The molecule has 0 aliphatic rings. The maximum Gasteiger partial charge on any atom is 0.328 e. The van der Waals surface area contributed by atoms with Gasteiger partial charge in [-0.1, -0.05) is 18.2 Å². The molecule has 1 aromatic heterocycles. The van der Waals surface area contributed by atoms with Crippen LogP contribution in [-0.4, -0.2) is 43.7 Å². The minimum absolute atomic E-state index is 0.0420. The molecule has 25 heavy (non-hydrogen) atoms. The fourth-order valence-corrected chi connectivity index (χ4v) is 2.93. The van der Waals surface area contributed by atoms with Crippen LogP contribution in [-0.2, 0) is 4.79 Å². The number of hydrogen-bond acceptors (Lipinski definition) is 3. The molecule has 0 aliphatic carbocycles. The van der Waals surface area contributed by atoms with Crippen LogP contribution >= 0.6 is 0 Å². The zero-order valence-electron chi connectivity index (χ0n) is 15.3. The van der Waals surface area contributed by atoms with E-state index in [9.17, 15) is 9.59 Å². The predicted molar refractivity (Wildman–Crippen MR) is 96.5 cm³/mol. The highest BCUT2D eigenvalue weighted by Crippen LogP contribution is 2.26. The summed E-state index contributed by atoms with van der Waals surface area (Å²) in [4.78, 5) is 26.1. The molecule has 0 fully saturated rings. The number of carboxylic acids is 1. The molecule has 1 heterocycles. The second-order valence-corrected chi connectivity index (χ2v) is 6.67. The second-order valence-electron chi connectivity index (χ2n) is 6.67. The Bertz CT molecular complexity index is 757. The van der Waals surface area contributed by atoms with E-state index in [1.165, 1.54) is 4.68 Å². The van der Waals surface area contributed by atoms with Crippen molar-refractivity contribution < 1.29 is 14.7 Å². The normalized spacial score (nSPS) is 12.4. The van der Waals surface area contributed by atoms with Crippen LogP contribution in [0.2, 0.25) is 0 Å². The number of carbonyl (C=O) groups is 2. The summed E-state index contributed by atoms with van der Waals surface area (Å²) in [6.45, 7) is 9.54. The third-order valence-corrected chi connectivity index (χ3v) is 4.17. The Morgan fingerprint density at radius 1 is 1.08 bits per heavy atom. The fourth-order valence-electron chi connectivity index (χ4n) is 2.93. The van der Waals surface area contributed by atoms with Crippen LogP contribution < -0.4 is 0 Å². The predicted octanol–water partition coefficient (Wildman–Crippen LogP) is 3.45. The summed E-state index contributed by atoms with van der Waals surface area (Å²) < 4.78 is 1.39. The summed E-state index contributed by atoms with van der Waals surface area (Å²) in [5.74, 6) is -0.996. The first-order valence-electron chi connectivity index (χ1n) is 8.43. The summed E-state index contributed by atoms with van der Waals surface area (Å²) >= 11 is 0. The molecule has 0 unspecified atom stereocenters.